The van der Waals surface area contributed by atoms with Gasteiger partial charge in [0, 0.05) is 16.3 Å². The molecule has 1 unspecified atom stereocenters. The molecular formula is C21H27ClN2OS. The topological polar surface area (TPSA) is 32.3 Å². The van der Waals surface area contributed by atoms with Crippen LogP contribution in [0.1, 0.15) is 60.7 Å². The van der Waals surface area contributed by atoms with Gasteiger partial charge >= 0.3 is 0 Å². The summed E-state index contributed by atoms with van der Waals surface area (Å²) in [7, 11) is 0. The Morgan fingerprint density at radius 2 is 1.88 bits per heavy atom. The zero-order valence-corrected chi connectivity index (χ0v) is 17.1. The van der Waals surface area contributed by atoms with Gasteiger partial charge in [-0.05, 0) is 87.5 Å². The summed E-state index contributed by atoms with van der Waals surface area (Å²) in [5.74, 6) is 1.50. The Balaban J connectivity index is 0.00000168. The van der Waals surface area contributed by atoms with Crippen molar-refractivity contribution < 1.29 is 4.79 Å². The summed E-state index contributed by atoms with van der Waals surface area (Å²) in [4.78, 5) is 16.4. The molecule has 3 aliphatic heterocycles. The van der Waals surface area contributed by atoms with Crippen LogP contribution in [0.4, 0.5) is 0 Å². The minimum Gasteiger partial charge on any atom is -0.346 e. The fourth-order valence-electron chi connectivity index (χ4n) is 4.92. The molecule has 2 bridgehead atoms. The minimum atomic E-state index is 0. The molecule has 140 valence electrons. The Labute approximate surface area is 165 Å². The fraction of sp³-hybridized carbons (Fsp3) is 0.571. The van der Waals surface area contributed by atoms with Gasteiger partial charge < -0.3 is 5.32 Å². The number of nitrogens with zero attached hydrogens (tertiary/aromatic N) is 1. The molecule has 4 heterocycles. The molecule has 0 radical (unpaired) electrons. The fourth-order valence-corrected chi connectivity index (χ4v) is 5.93. The molecule has 4 aliphatic rings. The average molecular weight is 391 g/mol. The summed E-state index contributed by atoms with van der Waals surface area (Å²) in [5.41, 5.74) is 1.51. The van der Waals surface area contributed by atoms with Crippen molar-refractivity contribution in [3.05, 3.63) is 34.7 Å². The first-order valence-corrected chi connectivity index (χ1v) is 10.4. The molecule has 26 heavy (non-hydrogen) atoms. The summed E-state index contributed by atoms with van der Waals surface area (Å²) in [5, 5.41) is 4.60. The Bertz CT molecular complexity index is 834. The third-order valence-corrected chi connectivity index (χ3v) is 7.79. The van der Waals surface area contributed by atoms with E-state index in [-0.39, 0.29) is 29.9 Å². The SMILES string of the molecule is CC1(C)C(NC(=O)c2cc3ccc(C4CC4)cc3s2)C2CCN1CC2.Cl. The molecule has 0 spiro atoms. The number of carbonyl (C=O) groups is 1. The van der Waals surface area contributed by atoms with Gasteiger partial charge in [0.25, 0.3) is 5.91 Å². The van der Waals surface area contributed by atoms with Crippen molar-refractivity contribution in [3.8, 4) is 0 Å². The molecule has 1 N–H and O–H groups in total. The number of benzene rings is 1. The lowest BCUT2D eigenvalue weighted by molar-refractivity contribution is -0.0377. The Kier molecular flexibility index (Phi) is 4.57. The molecule has 1 aromatic heterocycles. The van der Waals surface area contributed by atoms with E-state index in [0.717, 1.165) is 10.8 Å². The molecule has 1 amide bonds. The van der Waals surface area contributed by atoms with E-state index in [1.807, 2.05) is 0 Å². The summed E-state index contributed by atoms with van der Waals surface area (Å²) in [6, 6.07) is 9.06. The van der Waals surface area contributed by atoms with Crippen LogP contribution >= 0.6 is 23.7 Å². The van der Waals surface area contributed by atoms with Gasteiger partial charge in [-0.3, -0.25) is 9.69 Å². The van der Waals surface area contributed by atoms with Crippen molar-refractivity contribution in [1.29, 1.82) is 0 Å². The number of nitrogens with one attached hydrogen (secondary N) is 1. The molecule has 5 heteroatoms. The van der Waals surface area contributed by atoms with Crippen molar-refractivity contribution in [2.24, 2.45) is 5.92 Å². The highest BCUT2D eigenvalue weighted by Gasteiger charge is 2.48. The van der Waals surface area contributed by atoms with Gasteiger partial charge in [-0.1, -0.05) is 12.1 Å². The van der Waals surface area contributed by atoms with E-state index in [1.54, 1.807) is 11.3 Å². The Morgan fingerprint density at radius 1 is 1.15 bits per heavy atom. The van der Waals surface area contributed by atoms with Crippen LogP contribution in [-0.2, 0) is 0 Å². The normalized spacial score (nSPS) is 29.4. The number of carbonyl (C=O) groups excluding carboxylic acids is 1. The average Bonchev–Trinajstić information content (AvgIpc) is 3.36. The number of hydrogen-bond acceptors (Lipinski definition) is 3. The van der Waals surface area contributed by atoms with E-state index < -0.39 is 0 Å². The molecule has 3 nitrogen and oxygen atoms in total. The van der Waals surface area contributed by atoms with Gasteiger partial charge in [0.05, 0.1) is 4.88 Å². The van der Waals surface area contributed by atoms with Gasteiger partial charge in [0.15, 0.2) is 0 Å². The van der Waals surface area contributed by atoms with E-state index >= 15 is 0 Å². The van der Waals surface area contributed by atoms with Crippen molar-refractivity contribution in [2.45, 2.75) is 57.0 Å². The highest BCUT2D eigenvalue weighted by atomic mass is 35.5. The van der Waals surface area contributed by atoms with Crippen LogP contribution in [0.15, 0.2) is 24.3 Å². The van der Waals surface area contributed by atoms with Gasteiger partial charge in [-0.2, -0.15) is 0 Å². The molecular weight excluding hydrogens is 364 g/mol. The number of piperidine rings is 3. The predicted molar refractivity (Wildman–Crippen MR) is 111 cm³/mol. The molecule has 3 saturated heterocycles. The highest BCUT2D eigenvalue weighted by Crippen LogP contribution is 2.42. The zero-order chi connectivity index (χ0) is 17.2. The lowest BCUT2D eigenvalue weighted by Gasteiger charge is -2.56. The predicted octanol–water partition coefficient (Wildman–Crippen LogP) is 4.80. The third kappa shape index (κ3) is 2.96. The van der Waals surface area contributed by atoms with Gasteiger partial charge in [0.2, 0.25) is 0 Å². The molecule has 1 aliphatic carbocycles. The maximum atomic E-state index is 13.0. The Morgan fingerprint density at radius 3 is 2.54 bits per heavy atom. The second-order valence-corrected chi connectivity index (χ2v) is 9.70. The molecule has 1 atom stereocenters. The second-order valence-electron chi connectivity index (χ2n) is 8.61. The summed E-state index contributed by atoms with van der Waals surface area (Å²) >= 11 is 1.65. The van der Waals surface area contributed by atoms with Crippen LogP contribution in [0.3, 0.4) is 0 Å². The number of thiophene rings is 1. The monoisotopic (exact) mass is 390 g/mol. The molecule has 6 rings (SSSR count). The van der Waals surface area contributed by atoms with Crippen molar-refractivity contribution >= 4 is 39.7 Å². The second kappa shape index (κ2) is 6.50. The smallest absolute Gasteiger partial charge is 0.261 e. The van der Waals surface area contributed by atoms with Crippen LogP contribution in [0.25, 0.3) is 10.1 Å². The van der Waals surface area contributed by atoms with Crippen molar-refractivity contribution in [3.63, 3.8) is 0 Å². The lowest BCUT2D eigenvalue weighted by atomic mass is 9.72. The Hall–Kier alpha value is -1.10. The standard InChI is InChI=1S/C21H26N2OS.ClH/c1-21(2)19(14-7-9-23(21)10-8-14)22-20(24)18-12-16-6-5-15(13-3-4-13)11-17(16)25-18;/h5-6,11-14,19H,3-4,7-10H2,1-2H3,(H,22,24);1H. The van der Waals surface area contributed by atoms with Crippen molar-refractivity contribution in [2.75, 3.05) is 13.1 Å². The quantitative estimate of drug-likeness (QED) is 0.816. The van der Waals surface area contributed by atoms with Crippen LogP contribution in [0.2, 0.25) is 0 Å². The summed E-state index contributed by atoms with van der Waals surface area (Å²) < 4.78 is 1.25. The molecule has 4 fully saturated rings. The van der Waals surface area contributed by atoms with Gasteiger partial charge in [-0.15, -0.1) is 23.7 Å². The third-order valence-electron chi connectivity index (χ3n) is 6.69. The summed E-state index contributed by atoms with van der Waals surface area (Å²) in [6.07, 6.45) is 5.06. The number of rotatable bonds is 3. The largest absolute Gasteiger partial charge is 0.346 e. The van der Waals surface area contributed by atoms with Crippen LogP contribution in [0.5, 0.6) is 0 Å². The maximum Gasteiger partial charge on any atom is 0.261 e. The number of hydrogen-bond donors (Lipinski definition) is 1. The number of halogens is 1. The van der Waals surface area contributed by atoms with Gasteiger partial charge in [0.1, 0.15) is 0 Å². The van der Waals surface area contributed by atoms with Crippen LogP contribution in [-0.4, -0.2) is 35.5 Å². The van der Waals surface area contributed by atoms with Crippen LogP contribution < -0.4 is 5.32 Å². The molecule has 1 saturated carbocycles. The maximum absolute atomic E-state index is 13.0. The van der Waals surface area contributed by atoms with Crippen LogP contribution in [0, 0.1) is 5.92 Å². The number of fused-ring (bicyclic) bond motifs is 4. The molecule has 2 aromatic rings. The summed E-state index contributed by atoms with van der Waals surface area (Å²) in [6.45, 7) is 6.93. The first kappa shape index (κ1) is 18.3. The van der Waals surface area contributed by atoms with E-state index in [9.17, 15) is 4.79 Å². The van der Waals surface area contributed by atoms with E-state index in [4.69, 9.17) is 0 Å². The minimum absolute atomic E-state index is 0. The zero-order valence-electron chi connectivity index (χ0n) is 15.5. The first-order valence-electron chi connectivity index (χ1n) is 9.62. The van der Waals surface area contributed by atoms with Gasteiger partial charge in [-0.25, -0.2) is 0 Å². The van der Waals surface area contributed by atoms with E-state index in [1.165, 1.54) is 54.4 Å². The van der Waals surface area contributed by atoms with E-state index in [0.29, 0.717) is 5.92 Å². The highest BCUT2D eigenvalue weighted by molar-refractivity contribution is 7.20. The first-order chi connectivity index (χ1) is 12.0. The molecule has 1 aromatic carbocycles. The number of amides is 1. The van der Waals surface area contributed by atoms with Crippen molar-refractivity contribution in [1.82, 2.24) is 10.2 Å². The van der Waals surface area contributed by atoms with E-state index in [2.05, 4.69) is 48.3 Å². The lowest BCUT2D eigenvalue weighted by Crippen LogP contribution is -2.69.